The fourth-order valence-corrected chi connectivity index (χ4v) is 6.67. The van der Waals surface area contributed by atoms with E-state index in [2.05, 4.69) is 37.2 Å². The van der Waals surface area contributed by atoms with Crippen molar-refractivity contribution in [3.05, 3.63) is 35.9 Å². The third-order valence-corrected chi connectivity index (χ3v) is 10.0. The van der Waals surface area contributed by atoms with Crippen molar-refractivity contribution in [2.45, 2.75) is 155 Å². The summed E-state index contributed by atoms with van der Waals surface area (Å²) in [6, 6.07) is 1.88. The molecule has 0 saturated heterocycles. The first-order chi connectivity index (χ1) is 28.9. The molecule has 0 bridgehead atoms. The number of rotatable bonds is 28. The zero-order valence-corrected chi connectivity index (χ0v) is 37.5. The van der Waals surface area contributed by atoms with E-state index in [0.29, 0.717) is 18.4 Å². The molecule has 7 amide bonds. The van der Waals surface area contributed by atoms with Crippen molar-refractivity contribution in [2.24, 2.45) is 17.8 Å². The Morgan fingerprint density at radius 1 is 0.645 bits per heavy atom. The lowest BCUT2D eigenvalue weighted by Gasteiger charge is -2.35. The van der Waals surface area contributed by atoms with Crippen LogP contribution in [-0.4, -0.2) is 118 Å². The van der Waals surface area contributed by atoms with Crippen molar-refractivity contribution in [2.75, 3.05) is 7.05 Å². The van der Waals surface area contributed by atoms with Crippen LogP contribution in [0.15, 0.2) is 30.3 Å². The number of carbonyl (C=O) groups is 9. The predicted octanol–water partition coefficient (Wildman–Crippen LogP) is 0.913. The summed E-state index contributed by atoms with van der Waals surface area (Å²) >= 11 is 0. The van der Waals surface area contributed by atoms with Crippen molar-refractivity contribution in [3.8, 4) is 0 Å². The molecule has 0 fully saturated rings. The van der Waals surface area contributed by atoms with Gasteiger partial charge in [0.05, 0.1) is 12.5 Å². The van der Waals surface area contributed by atoms with Crippen LogP contribution in [0.25, 0.3) is 0 Å². The molecule has 19 nitrogen and oxygen atoms in total. The Hall–Kier alpha value is -5.59. The van der Waals surface area contributed by atoms with Gasteiger partial charge in [0.15, 0.2) is 0 Å². The zero-order chi connectivity index (χ0) is 47.3. The average Bonchev–Trinajstić information content (AvgIpc) is 3.18. The zero-order valence-electron chi connectivity index (χ0n) is 37.5. The first-order valence-corrected chi connectivity index (χ1v) is 21.2. The first-order valence-electron chi connectivity index (χ1n) is 21.2. The molecule has 10 N–H and O–H groups in total. The van der Waals surface area contributed by atoms with Crippen LogP contribution in [0.3, 0.4) is 0 Å². The van der Waals surface area contributed by atoms with Crippen LogP contribution in [0.2, 0.25) is 0 Å². The molecule has 1 aromatic rings. The van der Waals surface area contributed by atoms with E-state index in [1.807, 2.05) is 6.92 Å². The van der Waals surface area contributed by atoms with E-state index >= 15 is 0 Å². The lowest BCUT2D eigenvalue weighted by atomic mass is 9.88. The van der Waals surface area contributed by atoms with Gasteiger partial charge in [-0.05, 0) is 56.9 Å². The number of amides is 7. The molecule has 19 heteroatoms. The molecule has 0 heterocycles. The molecule has 0 spiro atoms. The van der Waals surface area contributed by atoms with Gasteiger partial charge in [0.2, 0.25) is 41.4 Å². The topological polar surface area (TPSA) is 299 Å². The highest BCUT2D eigenvalue weighted by Crippen LogP contribution is 2.20. The largest absolute Gasteiger partial charge is 0.481 e. The maximum Gasteiger partial charge on any atom is 0.305 e. The second kappa shape index (κ2) is 26.7. The van der Waals surface area contributed by atoms with Crippen LogP contribution in [0.1, 0.15) is 112 Å². The molecular formula is C43H69N7O12. The fraction of sp³-hybridized carbons (Fsp3) is 0.651. The number of aliphatic hydroxyl groups excluding tert-OH is 1. The van der Waals surface area contributed by atoms with E-state index < -0.39 is 107 Å². The van der Waals surface area contributed by atoms with Gasteiger partial charge in [-0.1, -0.05) is 84.7 Å². The quantitative estimate of drug-likeness (QED) is 0.0562. The minimum atomic E-state index is -1.75. The van der Waals surface area contributed by atoms with E-state index in [4.69, 9.17) is 5.11 Å². The lowest BCUT2D eigenvalue weighted by Crippen LogP contribution is -2.66. The van der Waals surface area contributed by atoms with Crippen molar-refractivity contribution in [1.29, 1.82) is 0 Å². The number of hydrogen-bond acceptors (Lipinski definition) is 10. The number of aliphatic hydroxyl groups is 1. The van der Waals surface area contributed by atoms with Crippen LogP contribution in [-0.2, 0) is 49.6 Å². The van der Waals surface area contributed by atoms with Crippen LogP contribution < -0.4 is 37.2 Å². The predicted molar refractivity (Wildman–Crippen MR) is 229 cm³/mol. The molecule has 0 aliphatic heterocycles. The number of carboxylic acid groups (broad SMARTS) is 2. The highest BCUT2D eigenvalue weighted by atomic mass is 16.4. The number of carboxylic acids is 2. The number of nitrogens with one attached hydrogen (secondary N) is 7. The lowest BCUT2D eigenvalue weighted by molar-refractivity contribution is -0.141. The molecule has 8 atom stereocenters. The number of hydrogen-bond donors (Lipinski definition) is 10. The van der Waals surface area contributed by atoms with Gasteiger partial charge in [-0.2, -0.15) is 0 Å². The second-order valence-electron chi connectivity index (χ2n) is 16.9. The van der Waals surface area contributed by atoms with Gasteiger partial charge in [-0.15, -0.1) is 0 Å². The van der Waals surface area contributed by atoms with Gasteiger partial charge in [0, 0.05) is 25.8 Å². The van der Waals surface area contributed by atoms with Gasteiger partial charge in [0.25, 0.3) is 0 Å². The Morgan fingerprint density at radius 3 is 1.73 bits per heavy atom. The molecule has 0 aliphatic rings. The monoisotopic (exact) mass is 876 g/mol. The molecular weight excluding hydrogens is 807 g/mol. The van der Waals surface area contributed by atoms with E-state index in [1.165, 1.54) is 20.9 Å². The van der Waals surface area contributed by atoms with Crippen LogP contribution in [0.5, 0.6) is 0 Å². The number of likely N-dealkylation sites (N-methyl/N-ethyl adjacent to an activating group) is 1. The Labute approximate surface area is 364 Å². The highest BCUT2D eigenvalue weighted by molar-refractivity contribution is 5.99. The Morgan fingerprint density at radius 2 is 1.21 bits per heavy atom. The molecule has 0 radical (unpaired) electrons. The second-order valence-corrected chi connectivity index (χ2v) is 16.9. The SMILES string of the molecule is CCCC[C@H](NC(=O)[C@@H](C)CCC(=O)O)C(=O)N[C@H](Cc1ccccc1)C(=O)NC(C(=O)N[C@@](C)(CC(C)C)C(=O)N[C@@H](CC(C)C)C(=O)N[C@@H](CC(=O)O)C(=O)NC)[C@@H](C)O. The number of benzene rings is 1. The molecule has 0 aliphatic carbocycles. The van der Waals surface area contributed by atoms with Gasteiger partial charge in [-0.3, -0.25) is 43.2 Å². The summed E-state index contributed by atoms with van der Waals surface area (Å²) in [5.41, 5.74) is -1.11. The van der Waals surface area contributed by atoms with Gasteiger partial charge in [-0.25, -0.2) is 0 Å². The van der Waals surface area contributed by atoms with Crippen molar-refractivity contribution in [1.82, 2.24) is 37.2 Å². The van der Waals surface area contributed by atoms with Crippen molar-refractivity contribution < 1.29 is 58.5 Å². The summed E-state index contributed by atoms with van der Waals surface area (Å²) < 4.78 is 0. The first kappa shape index (κ1) is 54.4. The number of aliphatic carboxylic acids is 2. The third-order valence-electron chi connectivity index (χ3n) is 10.0. The molecule has 348 valence electrons. The average molecular weight is 876 g/mol. The Kier molecular flexibility index (Phi) is 23.4. The summed E-state index contributed by atoms with van der Waals surface area (Å²) in [6.45, 7) is 13.2. The summed E-state index contributed by atoms with van der Waals surface area (Å²) in [7, 11) is 1.28. The molecule has 1 aromatic carbocycles. The molecule has 62 heavy (non-hydrogen) atoms. The van der Waals surface area contributed by atoms with Crippen molar-refractivity contribution in [3.63, 3.8) is 0 Å². The van der Waals surface area contributed by atoms with Crippen LogP contribution in [0.4, 0.5) is 0 Å². The normalized spacial score (nSPS) is 15.5. The van der Waals surface area contributed by atoms with Gasteiger partial charge in [0.1, 0.15) is 35.7 Å². The van der Waals surface area contributed by atoms with E-state index in [-0.39, 0.29) is 50.4 Å². The number of carbonyl (C=O) groups excluding carboxylic acids is 7. The van der Waals surface area contributed by atoms with E-state index in [1.54, 1.807) is 65.0 Å². The van der Waals surface area contributed by atoms with Crippen molar-refractivity contribution >= 4 is 53.3 Å². The van der Waals surface area contributed by atoms with E-state index in [0.717, 1.165) is 0 Å². The Bertz CT molecular complexity index is 1690. The summed E-state index contributed by atoms with van der Waals surface area (Å²) in [4.78, 5) is 117. The van der Waals surface area contributed by atoms with E-state index in [9.17, 15) is 53.4 Å². The molecule has 0 saturated carbocycles. The van der Waals surface area contributed by atoms with Gasteiger partial charge < -0.3 is 52.5 Å². The van der Waals surface area contributed by atoms with Crippen LogP contribution >= 0.6 is 0 Å². The number of unbranched alkanes of at least 4 members (excludes halogenated alkanes) is 1. The fourth-order valence-electron chi connectivity index (χ4n) is 6.67. The maximum absolute atomic E-state index is 14.1. The summed E-state index contributed by atoms with van der Waals surface area (Å²) in [5.74, 6) is -8.97. The summed E-state index contributed by atoms with van der Waals surface area (Å²) in [5, 5.41) is 47.1. The Balaban J connectivity index is 3.47. The standard InChI is InChI=1S/C43H69N7O12/c1-10-11-17-29(45-36(56)26(6)18-19-33(52)53)38(58)46-31(21-28-15-13-12-14-16-28)40(60)49-35(27(7)51)41(61)50-43(8,23-25(4)5)42(62)48-30(20-24(2)3)39(59)47-32(22-34(54)55)37(57)44-9/h12-16,24-27,29-32,35,51H,10-11,17-23H2,1-9H3,(H,44,57)(H,45,56)(H,46,58)(H,47,59)(H,48,62)(H,49,60)(H,50,61)(H,52,53)(H,54,55)/t26-,27+,29-,30-,31+,32-,35?,43-/m0/s1. The third kappa shape index (κ3) is 19.4. The maximum atomic E-state index is 14.1. The molecule has 1 unspecified atom stereocenters. The minimum absolute atomic E-state index is 0.0213. The molecule has 0 aromatic heterocycles. The molecule has 1 rings (SSSR count). The summed E-state index contributed by atoms with van der Waals surface area (Å²) in [6.07, 6.45) is -0.984. The highest BCUT2D eigenvalue weighted by Gasteiger charge is 2.41. The minimum Gasteiger partial charge on any atom is -0.481 e. The van der Waals surface area contributed by atoms with Crippen LogP contribution in [0, 0.1) is 17.8 Å². The van der Waals surface area contributed by atoms with Gasteiger partial charge >= 0.3 is 11.9 Å². The smallest absolute Gasteiger partial charge is 0.305 e.